The Morgan fingerprint density at radius 2 is 2.42 bits per heavy atom. The Bertz CT molecular complexity index is 520. The zero-order valence-corrected chi connectivity index (χ0v) is 12.3. The van der Waals surface area contributed by atoms with Gasteiger partial charge >= 0.3 is 0 Å². The third-order valence-electron chi connectivity index (χ3n) is 2.50. The lowest BCUT2D eigenvalue weighted by atomic mass is 10.4. The largest absolute Gasteiger partial charge is 0.361 e. The van der Waals surface area contributed by atoms with E-state index in [1.165, 1.54) is 0 Å². The van der Waals surface area contributed by atoms with E-state index in [-0.39, 0.29) is 6.23 Å². The normalized spacial score (nSPS) is 12.4. The number of nitrogens with zero attached hydrogens (tertiary/aromatic N) is 3. The second-order valence-electron chi connectivity index (χ2n) is 3.81. The maximum atomic E-state index is 6.12. The summed E-state index contributed by atoms with van der Waals surface area (Å²) in [6.07, 6.45) is 7.19. The lowest BCUT2D eigenvalue weighted by Crippen LogP contribution is -2.24. The van der Waals surface area contributed by atoms with Crippen LogP contribution in [-0.4, -0.2) is 40.1 Å². The first-order valence-corrected chi connectivity index (χ1v) is 7.45. The van der Waals surface area contributed by atoms with Crippen molar-refractivity contribution in [2.45, 2.75) is 6.23 Å². The molecule has 2 aromatic heterocycles. The van der Waals surface area contributed by atoms with Gasteiger partial charge in [0.1, 0.15) is 6.23 Å². The quantitative estimate of drug-likeness (QED) is 0.831. The number of nitrogens with one attached hydrogen (secondary N) is 1. The minimum absolute atomic E-state index is 0.0981. The van der Waals surface area contributed by atoms with Crippen molar-refractivity contribution in [1.82, 2.24) is 14.8 Å². The number of thioether (sulfide) groups is 1. The Morgan fingerprint density at radius 1 is 1.58 bits per heavy atom. The molecular weight excluding hydrogens is 284 g/mol. The lowest BCUT2D eigenvalue weighted by Gasteiger charge is -2.15. The molecule has 0 aliphatic carbocycles. The first kappa shape index (κ1) is 14.2. The van der Waals surface area contributed by atoms with Gasteiger partial charge < -0.3 is 10.1 Å². The summed E-state index contributed by atoms with van der Waals surface area (Å²) in [5, 5.41) is 7.86. The summed E-state index contributed by atoms with van der Waals surface area (Å²) in [5.41, 5.74) is 1.60. The topological polar surface area (TPSA) is 52.0 Å². The van der Waals surface area contributed by atoms with Crippen molar-refractivity contribution in [2.75, 3.05) is 24.4 Å². The second-order valence-corrected chi connectivity index (χ2v) is 5.08. The van der Waals surface area contributed by atoms with Gasteiger partial charge in [0.2, 0.25) is 0 Å². The highest BCUT2D eigenvalue weighted by Gasteiger charge is 2.12. The summed E-state index contributed by atoms with van der Waals surface area (Å²) < 4.78 is 7.01. The van der Waals surface area contributed by atoms with E-state index in [1.807, 2.05) is 24.6 Å². The molecule has 2 aromatic rings. The van der Waals surface area contributed by atoms with Crippen molar-refractivity contribution >= 4 is 29.1 Å². The third-order valence-corrected chi connectivity index (χ3v) is 3.41. The predicted octanol–water partition coefficient (Wildman–Crippen LogP) is 2.67. The van der Waals surface area contributed by atoms with Gasteiger partial charge in [0, 0.05) is 19.1 Å². The van der Waals surface area contributed by atoms with Gasteiger partial charge in [0.05, 0.1) is 23.8 Å². The summed E-state index contributed by atoms with van der Waals surface area (Å²) in [6.45, 7) is 0. The standard InChI is InChI=1S/C12H15ClN4OS/c1-18-11(8-19-2)15-10-7-17(16-12(10)13)9-4-3-5-14-6-9/h3-7,11,15H,8H2,1-2H3. The maximum absolute atomic E-state index is 6.12. The molecule has 19 heavy (non-hydrogen) atoms. The Balaban J connectivity index is 2.17. The van der Waals surface area contributed by atoms with Crippen LogP contribution < -0.4 is 5.32 Å². The first-order chi connectivity index (χ1) is 9.24. The molecule has 0 aliphatic heterocycles. The van der Waals surface area contributed by atoms with Gasteiger partial charge in [-0.3, -0.25) is 4.98 Å². The van der Waals surface area contributed by atoms with Crippen molar-refractivity contribution < 1.29 is 4.74 Å². The summed E-state index contributed by atoms with van der Waals surface area (Å²) in [7, 11) is 1.66. The fraction of sp³-hybridized carbons (Fsp3) is 0.333. The lowest BCUT2D eigenvalue weighted by molar-refractivity contribution is 0.145. The van der Waals surface area contributed by atoms with Crippen LogP contribution in [0.2, 0.25) is 5.15 Å². The minimum Gasteiger partial charge on any atom is -0.361 e. The molecule has 0 saturated heterocycles. The van der Waals surface area contributed by atoms with Crippen molar-refractivity contribution in [2.24, 2.45) is 0 Å². The molecule has 0 saturated carbocycles. The number of halogens is 1. The molecule has 0 amide bonds. The van der Waals surface area contributed by atoms with E-state index in [2.05, 4.69) is 15.4 Å². The molecule has 1 atom stereocenters. The van der Waals surface area contributed by atoms with Crippen molar-refractivity contribution in [3.8, 4) is 5.69 Å². The highest BCUT2D eigenvalue weighted by molar-refractivity contribution is 7.98. The first-order valence-electron chi connectivity index (χ1n) is 5.68. The van der Waals surface area contributed by atoms with E-state index in [9.17, 15) is 0 Å². The van der Waals surface area contributed by atoms with Crippen LogP contribution in [0.4, 0.5) is 5.69 Å². The molecule has 1 unspecified atom stereocenters. The molecule has 1 N–H and O–H groups in total. The molecule has 7 heteroatoms. The van der Waals surface area contributed by atoms with Crippen LogP contribution in [0.3, 0.4) is 0 Å². The fourth-order valence-electron chi connectivity index (χ4n) is 1.56. The number of methoxy groups -OCH3 is 1. The Kier molecular flexibility index (Phi) is 5.07. The SMILES string of the molecule is COC(CSC)Nc1cn(-c2cccnc2)nc1Cl. The number of ether oxygens (including phenoxy) is 1. The van der Waals surface area contributed by atoms with Gasteiger partial charge in [0.25, 0.3) is 0 Å². The number of anilines is 1. The Hall–Kier alpha value is -1.24. The minimum atomic E-state index is -0.0981. The zero-order valence-electron chi connectivity index (χ0n) is 10.7. The van der Waals surface area contributed by atoms with Crippen LogP contribution in [0.25, 0.3) is 5.69 Å². The van der Waals surface area contributed by atoms with Gasteiger partial charge in [-0.15, -0.1) is 0 Å². The number of aromatic nitrogens is 3. The molecule has 0 spiro atoms. The third kappa shape index (κ3) is 3.62. The van der Waals surface area contributed by atoms with Crippen LogP contribution >= 0.6 is 23.4 Å². The summed E-state index contributed by atoms with van der Waals surface area (Å²) >= 11 is 7.81. The molecule has 0 fully saturated rings. The highest BCUT2D eigenvalue weighted by atomic mass is 35.5. The smallest absolute Gasteiger partial charge is 0.174 e. The second kappa shape index (κ2) is 6.79. The molecule has 0 bridgehead atoms. The van der Waals surface area contributed by atoms with Gasteiger partial charge in [-0.25, -0.2) is 4.68 Å². The Labute approximate surface area is 121 Å². The molecule has 102 valence electrons. The van der Waals surface area contributed by atoms with Crippen LogP contribution in [0, 0.1) is 0 Å². The summed E-state index contributed by atoms with van der Waals surface area (Å²) in [6, 6.07) is 3.76. The maximum Gasteiger partial charge on any atom is 0.174 e. The molecule has 2 rings (SSSR count). The van der Waals surface area contributed by atoms with Crippen LogP contribution in [-0.2, 0) is 4.74 Å². The number of pyridine rings is 1. The van der Waals surface area contributed by atoms with Crippen molar-refractivity contribution in [3.63, 3.8) is 0 Å². The van der Waals surface area contributed by atoms with E-state index in [0.717, 1.165) is 17.1 Å². The molecule has 0 aliphatic rings. The van der Waals surface area contributed by atoms with E-state index in [4.69, 9.17) is 16.3 Å². The van der Waals surface area contributed by atoms with Gasteiger partial charge in [-0.1, -0.05) is 11.6 Å². The average Bonchev–Trinajstić information content (AvgIpc) is 2.80. The molecule has 2 heterocycles. The highest BCUT2D eigenvalue weighted by Crippen LogP contribution is 2.22. The predicted molar refractivity (Wildman–Crippen MR) is 79.2 cm³/mol. The van der Waals surface area contributed by atoms with E-state index in [1.54, 1.807) is 35.9 Å². The summed E-state index contributed by atoms with van der Waals surface area (Å²) in [5.74, 6) is 0.824. The van der Waals surface area contributed by atoms with Gasteiger partial charge in [-0.05, 0) is 18.4 Å². The van der Waals surface area contributed by atoms with Crippen LogP contribution in [0.1, 0.15) is 0 Å². The number of hydrogen-bond acceptors (Lipinski definition) is 5. The zero-order chi connectivity index (χ0) is 13.7. The molecular formula is C12H15ClN4OS. The number of rotatable bonds is 6. The number of hydrogen-bond donors (Lipinski definition) is 1. The molecule has 5 nitrogen and oxygen atoms in total. The van der Waals surface area contributed by atoms with E-state index < -0.39 is 0 Å². The van der Waals surface area contributed by atoms with E-state index >= 15 is 0 Å². The Morgan fingerprint density at radius 3 is 3.05 bits per heavy atom. The van der Waals surface area contributed by atoms with Gasteiger partial charge in [-0.2, -0.15) is 16.9 Å². The fourth-order valence-corrected chi connectivity index (χ4v) is 2.27. The average molecular weight is 299 g/mol. The monoisotopic (exact) mass is 298 g/mol. The summed E-state index contributed by atoms with van der Waals surface area (Å²) in [4.78, 5) is 4.05. The van der Waals surface area contributed by atoms with Crippen molar-refractivity contribution in [3.05, 3.63) is 35.9 Å². The van der Waals surface area contributed by atoms with Gasteiger partial charge in [0.15, 0.2) is 5.15 Å². The van der Waals surface area contributed by atoms with Crippen molar-refractivity contribution in [1.29, 1.82) is 0 Å². The molecule has 0 aromatic carbocycles. The van der Waals surface area contributed by atoms with Crippen LogP contribution in [0.5, 0.6) is 0 Å². The molecule has 0 radical (unpaired) electrons. The van der Waals surface area contributed by atoms with E-state index in [0.29, 0.717) is 5.15 Å². The van der Waals surface area contributed by atoms with Crippen LogP contribution in [0.15, 0.2) is 30.7 Å².